The van der Waals surface area contributed by atoms with Gasteiger partial charge in [0.1, 0.15) is 11.6 Å². The van der Waals surface area contributed by atoms with E-state index in [9.17, 15) is 0 Å². The first-order chi connectivity index (χ1) is 7.69. The molecular formula is C12H22N4. The zero-order valence-electron chi connectivity index (χ0n) is 10.7. The van der Waals surface area contributed by atoms with Crippen LogP contribution in [0.3, 0.4) is 0 Å². The Bertz CT molecular complexity index is 312. The summed E-state index contributed by atoms with van der Waals surface area (Å²) in [6.07, 6.45) is 6.76. The molecule has 16 heavy (non-hydrogen) atoms. The number of hydrogen-bond acceptors (Lipinski definition) is 4. The maximum atomic E-state index is 4.44. The Kier molecular flexibility index (Phi) is 4.52. The summed E-state index contributed by atoms with van der Waals surface area (Å²) in [5.74, 6) is 1.64. The number of rotatable bonds is 6. The normalized spacial score (nSPS) is 11.2. The van der Waals surface area contributed by atoms with Crippen LogP contribution in [0.2, 0.25) is 0 Å². The molecule has 90 valence electrons. The zero-order valence-corrected chi connectivity index (χ0v) is 10.7. The number of nitrogens with zero attached hydrogens (tertiary/aromatic N) is 2. The summed E-state index contributed by atoms with van der Waals surface area (Å²) in [5, 5.41) is 6.50. The summed E-state index contributed by atoms with van der Waals surface area (Å²) in [6, 6.07) is 0. The highest BCUT2D eigenvalue weighted by Crippen LogP contribution is 2.24. The van der Waals surface area contributed by atoms with Gasteiger partial charge in [0, 0.05) is 12.6 Å². The minimum absolute atomic E-state index is 0.140. The summed E-state index contributed by atoms with van der Waals surface area (Å²) in [4.78, 5) is 8.59. The van der Waals surface area contributed by atoms with E-state index in [0.717, 1.165) is 30.9 Å². The van der Waals surface area contributed by atoms with Gasteiger partial charge in [-0.3, -0.25) is 4.98 Å². The molecule has 2 N–H and O–H groups in total. The Morgan fingerprint density at radius 2 is 1.62 bits per heavy atom. The van der Waals surface area contributed by atoms with Crippen LogP contribution in [0.1, 0.15) is 40.0 Å². The molecule has 0 aliphatic heterocycles. The summed E-state index contributed by atoms with van der Waals surface area (Å²) < 4.78 is 0. The fraction of sp³-hybridized carbons (Fsp3) is 0.667. The van der Waals surface area contributed by atoms with Gasteiger partial charge < -0.3 is 10.6 Å². The molecule has 0 atom stereocenters. The van der Waals surface area contributed by atoms with Gasteiger partial charge in [0.25, 0.3) is 0 Å². The van der Waals surface area contributed by atoms with Crippen molar-refractivity contribution >= 4 is 11.6 Å². The van der Waals surface area contributed by atoms with Crippen molar-refractivity contribution in [2.24, 2.45) is 0 Å². The van der Waals surface area contributed by atoms with Crippen LogP contribution in [0.5, 0.6) is 0 Å². The topological polar surface area (TPSA) is 49.8 Å². The second-order valence-electron chi connectivity index (χ2n) is 4.01. The van der Waals surface area contributed by atoms with Crippen LogP contribution in [-0.2, 0) is 0 Å². The highest BCUT2D eigenvalue weighted by molar-refractivity contribution is 5.42. The predicted molar refractivity (Wildman–Crippen MR) is 68.8 cm³/mol. The third-order valence-corrected chi connectivity index (χ3v) is 3.31. The van der Waals surface area contributed by atoms with Crippen molar-refractivity contribution in [3.05, 3.63) is 12.4 Å². The second-order valence-corrected chi connectivity index (χ2v) is 4.01. The highest BCUT2D eigenvalue weighted by atomic mass is 15.1. The van der Waals surface area contributed by atoms with E-state index >= 15 is 0 Å². The molecule has 4 heteroatoms. The molecule has 0 amide bonds. The Morgan fingerprint density at radius 1 is 1.06 bits per heavy atom. The van der Waals surface area contributed by atoms with Crippen molar-refractivity contribution in [2.45, 2.75) is 45.6 Å². The van der Waals surface area contributed by atoms with Gasteiger partial charge in [-0.15, -0.1) is 0 Å². The van der Waals surface area contributed by atoms with Gasteiger partial charge in [-0.05, 0) is 19.3 Å². The summed E-state index contributed by atoms with van der Waals surface area (Å²) in [5.41, 5.74) is 0.140. The number of aromatic nitrogens is 2. The molecule has 0 aliphatic carbocycles. The van der Waals surface area contributed by atoms with Gasteiger partial charge in [0.05, 0.1) is 12.4 Å². The van der Waals surface area contributed by atoms with E-state index in [-0.39, 0.29) is 5.54 Å². The molecule has 0 aromatic carbocycles. The number of anilines is 2. The lowest BCUT2D eigenvalue weighted by Crippen LogP contribution is -2.36. The van der Waals surface area contributed by atoms with Crippen molar-refractivity contribution in [3.8, 4) is 0 Å². The van der Waals surface area contributed by atoms with E-state index in [2.05, 4.69) is 41.4 Å². The Morgan fingerprint density at radius 3 is 2.12 bits per heavy atom. The number of nitrogens with one attached hydrogen (secondary N) is 2. The molecule has 4 nitrogen and oxygen atoms in total. The van der Waals surface area contributed by atoms with E-state index in [1.807, 2.05) is 7.05 Å². The number of hydrogen-bond donors (Lipinski definition) is 2. The van der Waals surface area contributed by atoms with E-state index in [1.54, 1.807) is 12.4 Å². The van der Waals surface area contributed by atoms with Crippen LogP contribution in [-0.4, -0.2) is 22.6 Å². The summed E-state index contributed by atoms with van der Waals surface area (Å²) >= 11 is 0. The van der Waals surface area contributed by atoms with Crippen LogP contribution in [0, 0.1) is 0 Å². The van der Waals surface area contributed by atoms with Crippen LogP contribution in [0.15, 0.2) is 12.4 Å². The summed E-state index contributed by atoms with van der Waals surface area (Å²) in [7, 11) is 1.85. The van der Waals surface area contributed by atoms with Crippen molar-refractivity contribution in [1.82, 2.24) is 9.97 Å². The predicted octanol–water partition coefficient (Wildman–Crippen LogP) is 2.90. The average molecular weight is 222 g/mol. The van der Waals surface area contributed by atoms with Crippen molar-refractivity contribution in [1.29, 1.82) is 0 Å². The SMILES string of the molecule is CCC(CC)(CC)Nc1cncc(NC)n1. The molecule has 0 saturated heterocycles. The van der Waals surface area contributed by atoms with Gasteiger partial charge in [-0.2, -0.15) is 0 Å². The maximum Gasteiger partial charge on any atom is 0.147 e. The van der Waals surface area contributed by atoms with E-state index in [1.165, 1.54) is 0 Å². The lowest BCUT2D eigenvalue weighted by Gasteiger charge is -2.32. The van der Waals surface area contributed by atoms with Gasteiger partial charge >= 0.3 is 0 Å². The van der Waals surface area contributed by atoms with E-state index in [4.69, 9.17) is 0 Å². The fourth-order valence-corrected chi connectivity index (χ4v) is 1.83. The molecule has 1 aromatic heterocycles. The Labute approximate surface area is 97.9 Å². The molecule has 1 rings (SSSR count). The quantitative estimate of drug-likeness (QED) is 0.777. The van der Waals surface area contributed by atoms with Crippen LogP contribution < -0.4 is 10.6 Å². The monoisotopic (exact) mass is 222 g/mol. The molecule has 0 unspecified atom stereocenters. The zero-order chi connectivity index (χ0) is 12.0. The van der Waals surface area contributed by atoms with Gasteiger partial charge in [0.2, 0.25) is 0 Å². The molecule has 0 radical (unpaired) electrons. The molecule has 0 saturated carbocycles. The van der Waals surface area contributed by atoms with Gasteiger partial charge in [0.15, 0.2) is 0 Å². The van der Waals surface area contributed by atoms with E-state index < -0.39 is 0 Å². The molecular weight excluding hydrogens is 200 g/mol. The minimum atomic E-state index is 0.140. The lowest BCUT2D eigenvalue weighted by molar-refractivity contribution is 0.419. The average Bonchev–Trinajstić information content (AvgIpc) is 2.36. The largest absolute Gasteiger partial charge is 0.372 e. The standard InChI is InChI=1S/C12H22N4/c1-5-12(6-2,7-3)16-11-9-14-8-10(13-4)15-11/h8-9H,5-7H2,1-4H3,(H2,13,15,16). The maximum absolute atomic E-state index is 4.44. The van der Waals surface area contributed by atoms with Crippen molar-refractivity contribution in [3.63, 3.8) is 0 Å². The molecule has 0 spiro atoms. The van der Waals surface area contributed by atoms with Crippen molar-refractivity contribution in [2.75, 3.05) is 17.7 Å². The van der Waals surface area contributed by atoms with Gasteiger partial charge in [-0.1, -0.05) is 20.8 Å². The minimum Gasteiger partial charge on any atom is -0.372 e. The highest BCUT2D eigenvalue weighted by Gasteiger charge is 2.23. The fourth-order valence-electron chi connectivity index (χ4n) is 1.83. The van der Waals surface area contributed by atoms with Gasteiger partial charge in [-0.25, -0.2) is 4.98 Å². The first-order valence-corrected chi connectivity index (χ1v) is 5.97. The Balaban J connectivity index is 2.84. The van der Waals surface area contributed by atoms with Crippen LogP contribution in [0.25, 0.3) is 0 Å². The third kappa shape index (κ3) is 2.84. The lowest BCUT2D eigenvalue weighted by atomic mass is 9.90. The van der Waals surface area contributed by atoms with Crippen molar-refractivity contribution < 1.29 is 0 Å². The molecule has 1 heterocycles. The molecule has 0 bridgehead atoms. The molecule has 0 fully saturated rings. The van der Waals surface area contributed by atoms with Crippen LogP contribution in [0.4, 0.5) is 11.6 Å². The third-order valence-electron chi connectivity index (χ3n) is 3.31. The second kappa shape index (κ2) is 5.68. The first-order valence-electron chi connectivity index (χ1n) is 5.97. The van der Waals surface area contributed by atoms with Crippen LogP contribution >= 0.6 is 0 Å². The summed E-state index contributed by atoms with van der Waals surface area (Å²) in [6.45, 7) is 6.61. The smallest absolute Gasteiger partial charge is 0.147 e. The Hall–Kier alpha value is -1.32. The molecule has 1 aromatic rings. The molecule has 0 aliphatic rings. The first kappa shape index (κ1) is 12.7. The van der Waals surface area contributed by atoms with E-state index in [0.29, 0.717) is 0 Å².